The number of hydrogen-bond acceptors (Lipinski definition) is 1. The van der Waals surface area contributed by atoms with Crippen LogP contribution in [0.5, 0.6) is 0 Å². The third-order valence-corrected chi connectivity index (χ3v) is 2.52. The van der Waals surface area contributed by atoms with Crippen molar-refractivity contribution in [3.8, 4) is 11.1 Å². The molecule has 0 unspecified atom stereocenters. The normalized spacial score (nSPS) is 10.3. The highest BCUT2D eigenvalue weighted by molar-refractivity contribution is 5.68. The van der Waals surface area contributed by atoms with Crippen LogP contribution in [-0.4, -0.2) is 13.7 Å². The predicted molar refractivity (Wildman–Crippen MR) is 67.2 cm³/mol. The molecule has 0 saturated carbocycles. The lowest BCUT2D eigenvalue weighted by atomic mass is 9.98. The van der Waals surface area contributed by atoms with Crippen LogP contribution in [0.1, 0.15) is 5.56 Å². The first-order valence-corrected chi connectivity index (χ1v) is 5.38. The predicted octanol–water partition coefficient (Wildman–Crippen LogP) is 3.55. The Bertz CT molecular complexity index is 434. The van der Waals surface area contributed by atoms with E-state index in [4.69, 9.17) is 4.74 Å². The zero-order valence-corrected chi connectivity index (χ0v) is 9.39. The summed E-state index contributed by atoms with van der Waals surface area (Å²) in [5.41, 5.74) is 3.71. The molecule has 0 N–H and O–H groups in total. The monoisotopic (exact) mass is 211 g/mol. The molecule has 0 aromatic heterocycles. The molecule has 16 heavy (non-hydrogen) atoms. The SMILES string of the molecule is COC[CH]c1ccccc1-c1ccccc1. The van der Waals surface area contributed by atoms with Crippen molar-refractivity contribution >= 4 is 0 Å². The minimum atomic E-state index is 0.643. The van der Waals surface area contributed by atoms with E-state index in [1.165, 1.54) is 16.7 Å². The van der Waals surface area contributed by atoms with Gasteiger partial charge >= 0.3 is 0 Å². The Hall–Kier alpha value is -1.60. The van der Waals surface area contributed by atoms with Gasteiger partial charge in [-0.1, -0.05) is 54.6 Å². The smallest absolute Gasteiger partial charge is 0.0537 e. The van der Waals surface area contributed by atoms with Crippen molar-refractivity contribution in [2.45, 2.75) is 0 Å². The number of benzene rings is 2. The third kappa shape index (κ3) is 2.50. The molecule has 0 saturated heterocycles. The standard InChI is InChI=1S/C15H15O/c1-16-12-11-14-9-5-6-10-15(14)13-7-3-2-4-8-13/h2-11H,12H2,1H3. The molecule has 2 aromatic carbocycles. The highest BCUT2D eigenvalue weighted by Gasteiger charge is 2.03. The van der Waals surface area contributed by atoms with Crippen LogP contribution in [0.25, 0.3) is 11.1 Å². The molecular weight excluding hydrogens is 196 g/mol. The fourth-order valence-electron chi connectivity index (χ4n) is 1.73. The fourth-order valence-corrected chi connectivity index (χ4v) is 1.73. The molecule has 81 valence electrons. The van der Waals surface area contributed by atoms with Gasteiger partial charge < -0.3 is 4.74 Å². The van der Waals surface area contributed by atoms with Gasteiger partial charge in [0.15, 0.2) is 0 Å². The number of methoxy groups -OCH3 is 1. The maximum absolute atomic E-state index is 5.08. The Morgan fingerprint density at radius 1 is 0.938 bits per heavy atom. The van der Waals surface area contributed by atoms with Gasteiger partial charge in [0.1, 0.15) is 0 Å². The van der Waals surface area contributed by atoms with E-state index in [0.29, 0.717) is 6.61 Å². The highest BCUT2D eigenvalue weighted by atomic mass is 16.5. The Kier molecular flexibility index (Phi) is 3.73. The summed E-state index contributed by atoms with van der Waals surface area (Å²) in [7, 11) is 1.71. The van der Waals surface area contributed by atoms with Gasteiger partial charge in [-0.15, -0.1) is 0 Å². The van der Waals surface area contributed by atoms with E-state index in [0.717, 1.165) is 0 Å². The van der Waals surface area contributed by atoms with Crippen LogP contribution < -0.4 is 0 Å². The summed E-state index contributed by atoms with van der Waals surface area (Å²) in [6, 6.07) is 18.8. The van der Waals surface area contributed by atoms with Gasteiger partial charge in [-0.25, -0.2) is 0 Å². The molecule has 0 atom stereocenters. The molecule has 1 heteroatoms. The largest absolute Gasteiger partial charge is 0.384 e. The van der Waals surface area contributed by atoms with Crippen molar-refractivity contribution in [3.63, 3.8) is 0 Å². The van der Waals surface area contributed by atoms with Gasteiger partial charge in [0, 0.05) is 13.5 Å². The number of rotatable bonds is 4. The summed E-state index contributed by atoms with van der Waals surface area (Å²) in [6.07, 6.45) is 2.10. The molecule has 1 radical (unpaired) electrons. The highest BCUT2D eigenvalue weighted by Crippen LogP contribution is 2.24. The average molecular weight is 211 g/mol. The second-order valence-corrected chi connectivity index (χ2v) is 3.61. The lowest BCUT2D eigenvalue weighted by Gasteiger charge is -2.08. The summed E-state index contributed by atoms with van der Waals surface area (Å²) in [5.74, 6) is 0. The summed E-state index contributed by atoms with van der Waals surface area (Å²) < 4.78 is 5.08. The van der Waals surface area contributed by atoms with E-state index in [1.807, 2.05) is 12.1 Å². The molecule has 0 aliphatic rings. The molecule has 0 heterocycles. The van der Waals surface area contributed by atoms with Crippen molar-refractivity contribution in [1.29, 1.82) is 0 Å². The van der Waals surface area contributed by atoms with Crippen molar-refractivity contribution < 1.29 is 4.74 Å². The molecule has 0 aliphatic heterocycles. The second kappa shape index (κ2) is 5.47. The van der Waals surface area contributed by atoms with Crippen LogP contribution in [0.4, 0.5) is 0 Å². The Morgan fingerprint density at radius 3 is 2.38 bits per heavy atom. The van der Waals surface area contributed by atoms with Gasteiger partial charge in [0.2, 0.25) is 0 Å². The molecule has 0 fully saturated rings. The van der Waals surface area contributed by atoms with E-state index < -0.39 is 0 Å². The maximum atomic E-state index is 5.08. The lowest BCUT2D eigenvalue weighted by Crippen LogP contribution is -1.94. The van der Waals surface area contributed by atoms with Crippen LogP contribution in [0.15, 0.2) is 54.6 Å². The lowest BCUT2D eigenvalue weighted by molar-refractivity contribution is 0.225. The molecule has 0 spiro atoms. The number of ether oxygens (including phenoxy) is 1. The van der Waals surface area contributed by atoms with Crippen LogP contribution in [0, 0.1) is 6.42 Å². The Morgan fingerprint density at radius 2 is 1.62 bits per heavy atom. The Labute approximate surface area is 96.7 Å². The van der Waals surface area contributed by atoms with Gasteiger partial charge in [0.05, 0.1) is 6.61 Å². The van der Waals surface area contributed by atoms with Crippen molar-refractivity contribution in [2.75, 3.05) is 13.7 Å². The summed E-state index contributed by atoms with van der Waals surface area (Å²) >= 11 is 0. The fraction of sp³-hybridized carbons (Fsp3) is 0.133. The van der Waals surface area contributed by atoms with Crippen LogP contribution >= 0.6 is 0 Å². The zero-order chi connectivity index (χ0) is 11.2. The second-order valence-electron chi connectivity index (χ2n) is 3.61. The van der Waals surface area contributed by atoms with E-state index in [9.17, 15) is 0 Å². The van der Waals surface area contributed by atoms with E-state index in [2.05, 4.69) is 48.9 Å². The van der Waals surface area contributed by atoms with Crippen molar-refractivity contribution in [2.24, 2.45) is 0 Å². The minimum Gasteiger partial charge on any atom is -0.384 e. The first-order valence-electron chi connectivity index (χ1n) is 5.38. The van der Waals surface area contributed by atoms with Gasteiger partial charge in [-0.05, 0) is 16.7 Å². The Balaban J connectivity index is 2.33. The van der Waals surface area contributed by atoms with E-state index >= 15 is 0 Å². The quantitative estimate of drug-likeness (QED) is 0.751. The van der Waals surface area contributed by atoms with Crippen LogP contribution in [0.3, 0.4) is 0 Å². The van der Waals surface area contributed by atoms with E-state index in [-0.39, 0.29) is 0 Å². The van der Waals surface area contributed by atoms with Crippen LogP contribution in [0.2, 0.25) is 0 Å². The minimum absolute atomic E-state index is 0.643. The molecule has 0 bridgehead atoms. The van der Waals surface area contributed by atoms with Crippen molar-refractivity contribution in [1.82, 2.24) is 0 Å². The zero-order valence-electron chi connectivity index (χ0n) is 9.39. The van der Waals surface area contributed by atoms with Crippen LogP contribution in [-0.2, 0) is 4.74 Å². The first kappa shape index (κ1) is 10.9. The molecule has 2 rings (SSSR count). The molecule has 0 amide bonds. The summed E-state index contributed by atoms with van der Waals surface area (Å²) in [6.45, 7) is 0.643. The first-order chi connectivity index (χ1) is 7.92. The van der Waals surface area contributed by atoms with Gasteiger partial charge in [-0.3, -0.25) is 0 Å². The summed E-state index contributed by atoms with van der Waals surface area (Å²) in [4.78, 5) is 0. The molecule has 0 aliphatic carbocycles. The average Bonchev–Trinajstić information content (AvgIpc) is 2.38. The molecule has 2 aromatic rings. The maximum Gasteiger partial charge on any atom is 0.0537 e. The van der Waals surface area contributed by atoms with E-state index in [1.54, 1.807) is 7.11 Å². The topological polar surface area (TPSA) is 9.23 Å². The molecule has 1 nitrogen and oxygen atoms in total. The third-order valence-electron chi connectivity index (χ3n) is 2.52. The van der Waals surface area contributed by atoms with Crippen molar-refractivity contribution in [3.05, 3.63) is 66.6 Å². The number of hydrogen-bond donors (Lipinski definition) is 0. The van der Waals surface area contributed by atoms with Gasteiger partial charge in [0.25, 0.3) is 0 Å². The summed E-state index contributed by atoms with van der Waals surface area (Å²) in [5, 5.41) is 0. The van der Waals surface area contributed by atoms with Gasteiger partial charge in [-0.2, -0.15) is 0 Å². The molecular formula is C15H15O.